The summed E-state index contributed by atoms with van der Waals surface area (Å²) in [5, 5.41) is 2.61. The number of hydrogen-bond acceptors (Lipinski definition) is 0. The number of nitrogens with zero attached hydrogens (tertiary/aromatic N) is 1. The molecule has 0 saturated heterocycles. The van der Waals surface area contributed by atoms with Gasteiger partial charge in [0.25, 0.3) is 0 Å². The molecule has 1 aromatic heterocycles. The minimum Gasteiger partial charge on any atom is -0.309 e. The highest BCUT2D eigenvalue weighted by Gasteiger charge is 2.21. The van der Waals surface area contributed by atoms with E-state index < -0.39 is 0 Å². The van der Waals surface area contributed by atoms with Crippen LogP contribution in [0.3, 0.4) is 0 Å². The average Bonchev–Trinajstić information content (AvgIpc) is 3.10. The van der Waals surface area contributed by atoms with Crippen LogP contribution < -0.4 is 0 Å². The predicted molar refractivity (Wildman–Crippen MR) is 124 cm³/mol. The predicted octanol–water partition coefficient (Wildman–Crippen LogP) is 8.27. The fourth-order valence-corrected chi connectivity index (χ4v) is 4.31. The van der Waals surface area contributed by atoms with Gasteiger partial charge in [-0.1, -0.05) is 83.9 Å². The molecule has 29 heavy (non-hydrogen) atoms. The Labute approximate surface area is 179 Å². The number of aromatic nitrogens is 1. The molecular formula is C26H17Cl2N. The third kappa shape index (κ3) is 3.23. The zero-order valence-electron chi connectivity index (χ0n) is 15.5. The first-order valence-electron chi connectivity index (χ1n) is 9.43. The van der Waals surface area contributed by atoms with Crippen molar-refractivity contribution in [3.05, 3.63) is 113 Å². The lowest BCUT2D eigenvalue weighted by Crippen LogP contribution is -1.97. The van der Waals surface area contributed by atoms with Gasteiger partial charge in [0.2, 0.25) is 0 Å². The first-order valence-corrected chi connectivity index (χ1v) is 10.2. The average molecular weight is 414 g/mol. The maximum absolute atomic E-state index is 6.39. The Morgan fingerprint density at radius 3 is 1.90 bits per heavy atom. The number of rotatable bonds is 3. The summed E-state index contributed by atoms with van der Waals surface area (Å²) in [4.78, 5) is 0. The van der Waals surface area contributed by atoms with Crippen LogP contribution in [0.5, 0.6) is 0 Å². The van der Waals surface area contributed by atoms with Crippen molar-refractivity contribution in [2.45, 2.75) is 0 Å². The topological polar surface area (TPSA) is 4.93 Å². The molecule has 0 N–H and O–H groups in total. The third-order valence-electron chi connectivity index (χ3n) is 5.10. The van der Waals surface area contributed by atoms with E-state index in [4.69, 9.17) is 23.2 Å². The number of benzene rings is 4. The van der Waals surface area contributed by atoms with Crippen LogP contribution in [0.15, 0.2) is 103 Å². The molecule has 0 atom stereocenters. The minimum atomic E-state index is 0.712. The lowest BCUT2D eigenvalue weighted by molar-refractivity contribution is 1.13. The number of para-hydroxylation sites is 2. The van der Waals surface area contributed by atoms with Crippen molar-refractivity contribution in [1.82, 2.24) is 4.57 Å². The van der Waals surface area contributed by atoms with E-state index in [9.17, 15) is 0 Å². The van der Waals surface area contributed by atoms with Gasteiger partial charge in [0, 0.05) is 32.2 Å². The van der Waals surface area contributed by atoms with Crippen LogP contribution in [-0.2, 0) is 0 Å². The minimum absolute atomic E-state index is 0.712. The van der Waals surface area contributed by atoms with E-state index in [2.05, 4.69) is 65.2 Å². The van der Waals surface area contributed by atoms with Gasteiger partial charge in [-0.05, 0) is 48.0 Å². The second-order valence-corrected chi connectivity index (χ2v) is 7.81. The highest BCUT2D eigenvalue weighted by atomic mass is 35.5. The fourth-order valence-electron chi connectivity index (χ4n) is 3.93. The molecule has 4 aromatic carbocycles. The maximum Gasteiger partial charge on any atom is 0.0620 e. The molecular weight excluding hydrogens is 397 g/mol. The van der Waals surface area contributed by atoms with Crippen LogP contribution in [0.1, 0.15) is 0 Å². The summed E-state index contributed by atoms with van der Waals surface area (Å²) in [6.45, 7) is 0. The van der Waals surface area contributed by atoms with Crippen molar-refractivity contribution in [3.63, 3.8) is 0 Å². The summed E-state index contributed by atoms with van der Waals surface area (Å²) in [7, 11) is 0. The summed E-state index contributed by atoms with van der Waals surface area (Å²) in [5.41, 5.74) is 6.64. The van der Waals surface area contributed by atoms with Crippen LogP contribution in [-0.4, -0.2) is 4.57 Å². The summed E-state index contributed by atoms with van der Waals surface area (Å²) in [5.74, 6) is 0. The van der Waals surface area contributed by atoms with Gasteiger partial charge in [-0.3, -0.25) is 0 Å². The van der Waals surface area contributed by atoms with Crippen LogP contribution >= 0.6 is 23.2 Å². The van der Waals surface area contributed by atoms with Crippen molar-refractivity contribution in [1.29, 1.82) is 0 Å². The number of fused-ring (bicyclic) bond motifs is 1. The molecule has 1 nitrogen and oxygen atoms in total. The van der Waals surface area contributed by atoms with Gasteiger partial charge in [-0.15, -0.1) is 0 Å². The molecule has 140 valence electrons. The van der Waals surface area contributed by atoms with Crippen molar-refractivity contribution >= 4 is 34.1 Å². The number of halogens is 2. The monoisotopic (exact) mass is 413 g/mol. The van der Waals surface area contributed by atoms with Crippen molar-refractivity contribution in [2.75, 3.05) is 0 Å². The van der Waals surface area contributed by atoms with Crippen LogP contribution in [0.4, 0.5) is 0 Å². The van der Waals surface area contributed by atoms with Gasteiger partial charge in [0.1, 0.15) is 0 Å². The maximum atomic E-state index is 6.39. The Hall–Kier alpha value is -3.00. The van der Waals surface area contributed by atoms with Crippen LogP contribution in [0, 0.1) is 0 Å². The zero-order chi connectivity index (χ0) is 19.8. The molecule has 5 aromatic rings. The smallest absolute Gasteiger partial charge is 0.0620 e. The molecule has 0 unspecified atom stereocenters. The highest BCUT2D eigenvalue weighted by molar-refractivity contribution is 6.31. The van der Waals surface area contributed by atoms with Crippen molar-refractivity contribution in [3.8, 4) is 28.1 Å². The Kier molecular flexibility index (Phi) is 4.63. The molecule has 0 saturated carbocycles. The Balaban J connectivity index is 1.97. The summed E-state index contributed by atoms with van der Waals surface area (Å²) in [6, 6.07) is 34.9. The van der Waals surface area contributed by atoms with E-state index in [1.54, 1.807) is 0 Å². The fraction of sp³-hybridized carbons (Fsp3) is 0. The lowest BCUT2D eigenvalue weighted by atomic mass is 9.98. The molecule has 0 bridgehead atoms. The summed E-state index contributed by atoms with van der Waals surface area (Å²) >= 11 is 12.8. The summed E-state index contributed by atoms with van der Waals surface area (Å²) < 4.78 is 2.30. The van der Waals surface area contributed by atoms with E-state index in [-0.39, 0.29) is 0 Å². The van der Waals surface area contributed by atoms with E-state index in [0.29, 0.717) is 5.02 Å². The largest absolute Gasteiger partial charge is 0.309 e. The molecule has 0 aliphatic rings. The number of hydrogen-bond donors (Lipinski definition) is 0. The van der Waals surface area contributed by atoms with Gasteiger partial charge in [0.05, 0.1) is 11.2 Å². The standard InChI is InChI=1S/C26H17Cl2N/c27-20-10-6-8-18(16-20)25-23-14-4-5-15-24(23)29(22-12-2-1-3-13-22)26(25)19-9-7-11-21(28)17-19/h1-17H. The van der Waals surface area contributed by atoms with Crippen LogP contribution in [0.25, 0.3) is 39.0 Å². The van der Waals surface area contributed by atoms with Crippen LogP contribution in [0.2, 0.25) is 10.0 Å². The second kappa shape index (κ2) is 7.44. The highest BCUT2D eigenvalue weighted by Crippen LogP contribution is 2.43. The van der Waals surface area contributed by atoms with Gasteiger partial charge in [-0.2, -0.15) is 0 Å². The van der Waals surface area contributed by atoms with Gasteiger partial charge in [0.15, 0.2) is 0 Å². The summed E-state index contributed by atoms with van der Waals surface area (Å²) in [6.07, 6.45) is 0. The van der Waals surface area contributed by atoms with Gasteiger partial charge < -0.3 is 4.57 Å². The first-order chi connectivity index (χ1) is 14.2. The molecule has 0 spiro atoms. The van der Waals surface area contributed by atoms with E-state index in [1.807, 2.05) is 42.5 Å². The van der Waals surface area contributed by atoms with E-state index in [0.717, 1.165) is 38.6 Å². The molecule has 0 amide bonds. The molecule has 3 heteroatoms. The molecule has 1 heterocycles. The second-order valence-electron chi connectivity index (χ2n) is 6.93. The normalized spacial score (nSPS) is 11.1. The SMILES string of the molecule is Clc1cccc(-c2c(-c3cccc(Cl)c3)n(-c3ccccc3)c3ccccc23)c1. The van der Waals surface area contributed by atoms with Gasteiger partial charge >= 0.3 is 0 Å². The molecule has 0 aliphatic carbocycles. The quantitative estimate of drug-likeness (QED) is 0.280. The third-order valence-corrected chi connectivity index (χ3v) is 5.57. The van der Waals surface area contributed by atoms with E-state index in [1.165, 1.54) is 5.39 Å². The Morgan fingerprint density at radius 1 is 0.552 bits per heavy atom. The molecule has 5 rings (SSSR count). The Morgan fingerprint density at radius 2 is 1.17 bits per heavy atom. The van der Waals surface area contributed by atoms with Gasteiger partial charge in [-0.25, -0.2) is 0 Å². The lowest BCUT2D eigenvalue weighted by Gasteiger charge is -2.14. The molecule has 0 fully saturated rings. The zero-order valence-corrected chi connectivity index (χ0v) is 17.0. The van der Waals surface area contributed by atoms with Crippen molar-refractivity contribution < 1.29 is 0 Å². The van der Waals surface area contributed by atoms with Crippen molar-refractivity contribution in [2.24, 2.45) is 0 Å². The molecule has 0 radical (unpaired) electrons. The first kappa shape index (κ1) is 18.1. The van der Waals surface area contributed by atoms with E-state index >= 15 is 0 Å². The molecule has 0 aliphatic heterocycles. The Bertz CT molecular complexity index is 1320.